The number of ether oxygens (including phenoxy) is 2. The summed E-state index contributed by atoms with van der Waals surface area (Å²) in [4.78, 5) is 29.5. The van der Waals surface area contributed by atoms with Crippen molar-refractivity contribution in [2.24, 2.45) is 16.8 Å². The number of nitrogens with zero attached hydrogens (tertiary/aromatic N) is 1. The van der Waals surface area contributed by atoms with Gasteiger partial charge in [-0.15, -0.1) is 0 Å². The molecule has 1 aromatic rings. The van der Waals surface area contributed by atoms with Crippen LogP contribution in [0.4, 0.5) is 0 Å². The van der Waals surface area contributed by atoms with Crippen LogP contribution in [0.3, 0.4) is 0 Å². The predicted molar refractivity (Wildman–Crippen MR) is 96.2 cm³/mol. The predicted octanol–water partition coefficient (Wildman–Crippen LogP) is 3.34. The van der Waals surface area contributed by atoms with E-state index < -0.39 is 11.9 Å². The van der Waals surface area contributed by atoms with Crippen LogP contribution in [0, 0.1) is 11.8 Å². The number of carbonyl (C=O) groups excluding carboxylic acids is 2. The van der Waals surface area contributed by atoms with E-state index in [1.165, 1.54) is 0 Å². The third-order valence-electron chi connectivity index (χ3n) is 4.29. The summed E-state index contributed by atoms with van der Waals surface area (Å²) in [6.45, 7) is 7.70. The van der Waals surface area contributed by atoms with E-state index in [4.69, 9.17) is 9.47 Å². The van der Waals surface area contributed by atoms with Gasteiger partial charge in [-0.25, -0.2) is 4.79 Å². The molecule has 0 aliphatic carbocycles. The molecule has 2 atom stereocenters. The smallest absolute Gasteiger partial charge is 0.336 e. The molecule has 0 spiro atoms. The molecule has 0 saturated carbocycles. The van der Waals surface area contributed by atoms with E-state index in [0.29, 0.717) is 23.4 Å². The second kappa shape index (κ2) is 8.60. The first kappa shape index (κ1) is 18.9. The molecule has 1 aliphatic rings. The van der Waals surface area contributed by atoms with Crippen LogP contribution in [-0.2, 0) is 25.5 Å². The van der Waals surface area contributed by atoms with Crippen molar-refractivity contribution < 1.29 is 19.1 Å². The van der Waals surface area contributed by atoms with E-state index in [9.17, 15) is 9.59 Å². The van der Waals surface area contributed by atoms with Gasteiger partial charge in [0.1, 0.15) is 5.92 Å². The number of carbonyl (C=O) groups is 2. The third-order valence-corrected chi connectivity index (χ3v) is 4.29. The van der Waals surface area contributed by atoms with Gasteiger partial charge in [0.2, 0.25) is 0 Å². The Morgan fingerprint density at radius 2 is 1.68 bits per heavy atom. The van der Waals surface area contributed by atoms with Gasteiger partial charge in [0.15, 0.2) is 0 Å². The Hall–Kier alpha value is -2.43. The van der Waals surface area contributed by atoms with Gasteiger partial charge in [-0.1, -0.05) is 30.3 Å². The van der Waals surface area contributed by atoms with E-state index in [-0.39, 0.29) is 25.1 Å². The number of hydrogen-bond acceptors (Lipinski definition) is 5. The molecular formula is C20H25NO4. The van der Waals surface area contributed by atoms with Crippen LogP contribution in [0.1, 0.15) is 33.3 Å². The number of hydrogen-bond donors (Lipinski definition) is 0. The molecule has 0 aromatic heterocycles. The minimum Gasteiger partial charge on any atom is -0.465 e. The Morgan fingerprint density at radius 1 is 1.04 bits per heavy atom. The van der Waals surface area contributed by atoms with Crippen molar-refractivity contribution in [1.82, 2.24) is 0 Å². The molecule has 134 valence electrons. The standard InChI is InChI=1S/C20H25NO4/c1-5-24-19(22)17-13(3)21-14(4)18(20(23)25-6-2)16(17)12-15-10-8-7-9-11-15/h7-11,16-17H,5-6,12H2,1-4H3. The summed E-state index contributed by atoms with van der Waals surface area (Å²) in [7, 11) is 0. The van der Waals surface area contributed by atoms with Crippen molar-refractivity contribution in [1.29, 1.82) is 0 Å². The van der Waals surface area contributed by atoms with Crippen LogP contribution < -0.4 is 0 Å². The van der Waals surface area contributed by atoms with Crippen LogP contribution in [0.15, 0.2) is 46.6 Å². The number of aliphatic imine (C=N–C) groups is 1. The zero-order chi connectivity index (χ0) is 18.4. The topological polar surface area (TPSA) is 65.0 Å². The average molecular weight is 343 g/mol. The highest BCUT2D eigenvalue weighted by molar-refractivity contribution is 6.05. The number of benzene rings is 1. The van der Waals surface area contributed by atoms with E-state index in [0.717, 1.165) is 5.56 Å². The monoisotopic (exact) mass is 343 g/mol. The quantitative estimate of drug-likeness (QED) is 0.743. The van der Waals surface area contributed by atoms with Gasteiger partial charge in [-0.2, -0.15) is 0 Å². The maximum atomic E-state index is 12.6. The van der Waals surface area contributed by atoms with Crippen molar-refractivity contribution >= 4 is 17.7 Å². The van der Waals surface area contributed by atoms with E-state index in [1.54, 1.807) is 20.8 Å². The van der Waals surface area contributed by atoms with Gasteiger partial charge in [0.05, 0.1) is 18.8 Å². The number of allylic oxidation sites excluding steroid dienone is 1. The molecule has 1 aliphatic heterocycles. The van der Waals surface area contributed by atoms with E-state index >= 15 is 0 Å². The maximum absolute atomic E-state index is 12.6. The first-order valence-corrected chi connectivity index (χ1v) is 8.63. The SMILES string of the molecule is CCOC(=O)C1=C(C)N=C(C)C(C(=O)OCC)C1Cc1ccccc1. The largest absolute Gasteiger partial charge is 0.465 e. The Kier molecular flexibility index (Phi) is 6.51. The molecule has 5 nitrogen and oxygen atoms in total. The van der Waals surface area contributed by atoms with Crippen LogP contribution >= 0.6 is 0 Å². The highest BCUT2D eigenvalue weighted by atomic mass is 16.5. The Labute approximate surface area is 148 Å². The van der Waals surface area contributed by atoms with Crippen LogP contribution in [-0.4, -0.2) is 30.9 Å². The molecule has 0 N–H and O–H groups in total. The third kappa shape index (κ3) is 4.35. The lowest BCUT2D eigenvalue weighted by Crippen LogP contribution is -2.39. The summed E-state index contributed by atoms with van der Waals surface area (Å²) in [6.07, 6.45) is 0.544. The highest BCUT2D eigenvalue weighted by Gasteiger charge is 2.41. The van der Waals surface area contributed by atoms with Crippen LogP contribution in [0.5, 0.6) is 0 Å². The molecule has 0 amide bonds. The normalized spacial score (nSPS) is 20.1. The molecule has 5 heteroatoms. The van der Waals surface area contributed by atoms with Gasteiger partial charge in [0, 0.05) is 17.3 Å². The summed E-state index contributed by atoms with van der Waals surface area (Å²) in [5.41, 5.74) is 2.79. The first-order valence-electron chi connectivity index (χ1n) is 8.63. The van der Waals surface area contributed by atoms with Crippen molar-refractivity contribution in [2.75, 3.05) is 13.2 Å². The maximum Gasteiger partial charge on any atom is 0.336 e. The summed E-state index contributed by atoms with van der Waals surface area (Å²) in [6, 6.07) is 9.80. The minimum absolute atomic E-state index is 0.278. The lowest BCUT2D eigenvalue weighted by atomic mass is 9.76. The fraction of sp³-hybridized carbons (Fsp3) is 0.450. The van der Waals surface area contributed by atoms with Crippen molar-refractivity contribution in [3.63, 3.8) is 0 Å². The lowest BCUT2D eigenvalue weighted by Gasteiger charge is -2.31. The molecule has 25 heavy (non-hydrogen) atoms. The summed E-state index contributed by atoms with van der Waals surface area (Å²) >= 11 is 0. The number of rotatable bonds is 6. The molecule has 1 aromatic carbocycles. The molecule has 0 fully saturated rings. The number of esters is 2. The van der Waals surface area contributed by atoms with Crippen molar-refractivity contribution in [3.05, 3.63) is 47.2 Å². The molecule has 0 radical (unpaired) electrons. The molecule has 0 bridgehead atoms. The van der Waals surface area contributed by atoms with Gasteiger partial charge in [0.25, 0.3) is 0 Å². The fourth-order valence-electron chi connectivity index (χ4n) is 3.28. The Morgan fingerprint density at radius 3 is 2.28 bits per heavy atom. The van der Waals surface area contributed by atoms with Crippen LogP contribution in [0.2, 0.25) is 0 Å². The second-order valence-electron chi connectivity index (χ2n) is 6.00. The van der Waals surface area contributed by atoms with Gasteiger partial charge in [-0.3, -0.25) is 9.79 Å². The minimum atomic E-state index is -0.580. The second-order valence-corrected chi connectivity index (χ2v) is 6.00. The highest BCUT2D eigenvalue weighted by Crippen LogP contribution is 2.35. The van der Waals surface area contributed by atoms with Gasteiger partial charge in [-0.05, 0) is 39.7 Å². The molecule has 1 heterocycles. The zero-order valence-electron chi connectivity index (χ0n) is 15.2. The fourth-order valence-corrected chi connectivity index (χ4v) is 3.28. The first-order chi connectivity index (χ1) is 12.0. The van der Waals surface area contributed by atoms with E-state index in [2.05, 4.69) is 4.99 Å². The lowest BCUT2D eigenvalue weighted by molar-refractivity contribution is -0.147. The summed E-state index contributed by atoms with van der Waals surface area (Å²) in [5.74, 6) is -1.69. The Balaban J connectivity index is 2.46. The molecular weight excluding hydrogens is 318 g/mol. The van der Waals surface area contributed by atoms with E-state index in [1.807, 2.05) is 37.3 Å². The average Bonchev–Trinajstić information content (AvgIpc) is 2.56. The molecule has 0 saturated heterocycles. The zero-order valence-corrected chi connectivity index (χ0v) is 15.2. The molecule has 2 rings (SSSR count). The van der Waals surface area contributed by atoms with Crippen molar-refractivity contribution in [2.45, 2.75) is 34.1 Å². The van der Waals surface area contributed by atoms with Crippen LogP contribution in [0.25, 0.3) is 0 Å². The summed E-state index contributed by atoms with van der Waals surface area (Å²) in [5, 5.41) is 0. The van der Waals surface area contributed by atoms with Crippen molar-refractivity contribution in [3.8, 4) is 0 Å². The molecule has 2 unspecified atom stereocenters. The Bertz CT molecular complexity index is 691. The van der Waals surface area contributed by atoms with Gasteiger partial charge < -0.3 is 9.47 Å². The van der Waals surface area contributed by atoms with Gasteiger partial charge >= 0.3 is 11.9 Å². The summed E-state index contributed by atoms with van der Waals surface area (Å²) < 4.78 is 10.5.